The number of ether oxygens (including phenoxy) is 1. The van der Waals surface area contributed by atoms with E-state index in [1.165, 1.54) is 0 Å². The zero-order valence-electron chi connectivity index (χ0n) is 19.6. The van der Waals surface area contributed by atoms with E-state index >= 15 is 0 Å². The van der Waals surface area contributed by atoms with E-state index in [4.69, 9.17) is 0 Å². The third-order valence-corrected chi connectivity index (χ3v) is 6.79. The Morgan fingerprint density at radius 1 is 0.778 bits per heavy atom. The average Bonchev–Trinajstić information content (AvgIpc) is 2.85. The van der Waals surface area contributed by atoms with Crippen LogP contribution in [0.4, 0.5) is 30.7 Å². The van der Waals surface area contributed by atoms with Crippen molar-refractivity contribution in [3.8, 4) is 16.9 Å². The van der Waals surface area contributed by atoms with Gasteiger partial charge in [0.05, 0.1) is 5.92 Å². The smallest absolute Gasteiger partial charge is 0.400 e. The predicted octanol–water partition coefficient (Wildman–Crippen LogP) is 8.95. The second-order valence-corrected chi connectivity index (χ2v) is 9.19. The molecule has 0 aliphatic heterocycles. The van der Waals surface area contributed by atoms with Crippen molar-refractivity contribution in [3.05, 3.63) is 88.7 Å². The third kappa shape index (κ3) is 5.37. The molecule has 0 amide bonds. The second kappa shape index (κ2) is 10.5. The van der Waals surface area contributed by atoms with E-state index in [2.05, 4.69) is 4.74 Å². The molecule has 192 valence electrons. The first-order valence-corrected chi connectivity index (χ1v) is 11.9. The van der Waals surface area contributed by atoms with Gasteiger partial charge in [-0.05, 0) is 54.7 Å². The topological polar surface area (TPSA) is 9.23 Å². The van der Waals surface area contributed by atoms with Crippen molar-refractivity contribution >= 4 is 0 Å². The van der Waals surface area contributed by atoms with Gasteiger partial charge in [-0.15, -0.1) is 0 Å². The lowest BCUT2D eigenvalue weighted by molar-refractivity contribution is -0.222. The van der Waals surface area contributed by atoms with Gasteiger partial charge in [-0.25, -0.2) is 22.0 Å². The summed E-state index contributed by atoms with van der Waals surface area (Å²) in [4.78, 5) is 0. The summed E-state index contributed by atoms with van der Waals surface area (Å²) in [6.45, 7) is 1.89. The summed E-state index contributed by atoms with van der Waals surface area (Å²) in [6.07, 6.45) is -1.49. The van der Waals surface area contributed by atoms with Crippen LogP contribution in [-0.2, 0) is 6.42 Å². The molecule has 3 aromatic rings. The highest BCUT2D eigenvalue weighted by Crippen LogP contribution is 2.43. The first-order valence-electron chi connectivity index (χ1n) is 11.9. The summed E-state index contributed by atoms with van der Waals surface area (Å²) in [5.41, 5.74) is 1.91. The van der Waals surface area contributed by atoms with Gasteiger partial charge in [0.1, 0.15) is 5.75 Å². The molecular weight excluding hydrogens is 485 g/mol. The van der Waals surface area contributed by atoms with Crippen molar-refractivity contribution in [1.82, 2.24) is 0 Å². The van der Waals surface area contributed by atoms with Gasteiger partial charge in [0, 0.05) is 17.7 Å². The van der Waals surface area contributed by atoms with E-state index in [0.717, 1.165) is 5.56 Å². The van der Waals surface area contributed by atoms with Crippen LogP contribution in [0.25, 0.3) is 11.1 Å². The van der Waals surface area contributed by atoms with Gasteiger partial charge in [-0.3, -0.25) is 0 Å². The molecule has 4 rings (SSSR count). The molecule has 0 saturated heterocycles. The van der Waals surface area contributed by atoms with E-state index in [0.29, 0.717) is 48.9 Å². The van der Waals surface area contributed by atoms with Crippen molar-refractivity contribution in [2.45, 2.75) is 57.5 Å². The van der Waals surface area contributed by atoms with Crippen LogP contribution in [0.3, 0.4) is 0 Å². The number of hydrogen-bond donors (Lipinski definition) is 0. The maximum atomic E-state index is 14.6. The Morgan fingerprint density at radius 2 is 1.39 bits per heavy atom. The zero-order valence-corrected chi connectivity index (χ0v) is 19.6. The van der Waals surface area contributed by atoms with Crippen molar-refractivity contribution in [2.24, 2.45) is 5.92 Å². The summed E-state index contributed by atoms with van der Waals surface area (Å²) >= 11 is 0. The Hall–Kier alpha value is -3.03. The van der Waals surface area contributed by atoms with Crippen LogP contribution < -0.4 is 4.74 Å². The van der Waals surface area contributed by atoms with Crippen LogP contribution >= 0.6 is 0 Å². The largest absolute Gasteiger partial charge is 0.432 e. The fourth-order valence-corrected chi connectivity index (χ4v) is 4.80. The monoisotopic (exact) mass is 510 g/mol. The summed E-state index contributed by atoms with van der Waals surface area (Å²) in [6, 6.07) is 10.9. The predicted molar refractivity (Wildman–Crippen MR) is 122 cm³/mol. The molecule has 1 nitrogen and oxygen atoms in total. The minimum absolute atomic E-state index is 0.0136. The quantitative estimate of drug-likeness (QED) is 0.228. The van der Waals surface area contributed by atoms with Gasteiger partial charge >= 0.3 is 6.11 Å². The van der Waals surface area contributed by atoms with Crippen LogP contribution in [0.5, 0.6) is 5.75 Å². The molecule has 8 heteroatoms. The average molecular weight is 510 g/mol. The summed E-state index contributed by atoms with van der Waals surface area (Å²) in [5, 5.41) is 0. The molecule has 0 bridgehead atoms. The fraction of sp³-hybridized carbons (Fsp3) is 0.357. The highest BCUT2D eigenvalue weighted by atomic mass is 19.3. The zero-order chi connectivity index (χ0) is 26.0. The van der Waals surface area contributed by atoms with E-state index in [1.54, 1.807) is 36.4 Å². The Balaban J connectivity index is 1.40. The second-order valence-electron chi connectivity index (χ2n) is 9.19. The molecule has 0 spiro atoms. The van der Waals surface area contributed by atoms with Gasteiger partial charge in [-0.2, -0.15) is 8.78 Å². The molecule has 36 heavy (non-hydrogen) atoms. The molecule has 0 unspecified atom stereocenters. The lowest BCUT2D eigenvalue weighted by Crippen LogP contribution is -2.37. The lowest BCUT2D eigenvalue weighted by atomic mass is 9.78. The molecule has 1 fully saturated rings. The van der Waals surface area contributed by atoms with Crippen molar-refractivity contribution in [3.63, 3.8) is 0 Å². The van der Waals surface area contributed by atoms with Gasteiger partial charge in [0.2, 0.25) is 0 Å². The van der Waals surface area contributed by atoms with Crippen LogP contribution in [0.1, 0.15) is 56.1 Å². The van der Waals surface area contributed by atoms with Gasteiger partial charge in [0.25, 0.3) is 0 Å². The lowest BCUT2D eigenvalue weighted by Gasteiger charge is -2.33. The minimum Gasteiger partial charge on any atom is -0.432 e. The number of rotatable bonds is 7. The Morgan fingerprint density at radius 3 is 1.97 bits per heavy atom. The molecule has 1 aliphatic rings. The van der Waals surface area contributed by atoms with Crippen molar-refractivity contribution in [2.75, 3.05) is 0 Å². The molecule has 3 aromatic carbocycles. The Kier molecular flexibility index (Phi) is 7.62. The van der Waals surface area contributed by atoms with Crippen LogP contribution in [-0.4, -0.2) is 6.11 Å². The normalized spacial score (nSPS) is 18.3. The van der Waals surface area contributed by atoms with Crippen LogP contribution in [0, 0.1) is 35.0 Å². The maximum absolute atomic E-state index is 14.6. The molecule has 0 N–H and O–H groups in total. The molecule has 0 heterocycles. The van der Waals surface area contributed by atoms with Crippen LogP contribution in [0.2, 0.25) is 0 Å². The number of benzene rings is 3. The molecular formula is C28H25F7O. The maximum Gasteiger partial charge on any atom is 0.400 e. The minimum atomic E-state index is -3.68. The van der Waals surface area contributed by atoms with E-state index in [1.807, 2.05) is 6.92 Å². The number of halogens is 7. The van der Waals surface area contributed by atoms with E-state index in [9.17, 15) is 30.7 Å². The molecule has 0 radical (unpaired) electrons. The summed E-state index contributed by atoms with van der Waals surface area (Å²) in [7, 11) is 0. The number of alkyl halides is 2. The summed E-state index contributed by atoms with van der Waals surface area (Å²) < 4.78 is 103. The highest BCUT2D eigenvalue weighted by molar-refractivity contribution is 5.65. The Labute approximate surface area is 204 Å². The molecule has 0 aromatic heterocycles. The van der Waals surface area contributed by atoms with Crippen molar-refractivity contribution < 1.29 is 35.5 Å². The van der Waals surface area contributed by atoms with E-state index < -0.39 is 46.9 Å². The Bertz CT molecular complexity index is 1190. The summed E-state index contributed by atoms with van der Waals surface area (Å²) in [5.74, 6) is -8.66. The number of aryl methyl sites for hydroxylation is 1. The molecule has 1 saturated carbocycles. The first-order chi connectivity index (χ1) is 17.1. The molecule has 0 atom stereocenters. The highest BCUT2D eigenvalue weighted by Gasteiger charge is 2.44. The standard InChI is InChI=1S/C28H25F7O/c1-2-3-19-10-13-22(26(32)25(19)31)18-6-4-16(5-7-18)17-8-11-20(12-9-17)28(34,35)36-21-14-23(29)27(33)24(30)15-21/h4-7,10,13-15,17,20H,2-3,8-9,11-12H2,1H3. The number of hydrogen-bond acceptors (Lipinski definition) is 1. The first kappa shape index (κ1) is 26.0. The third-order valence-electron chi connectivity index (χ3n) is 6.79. The van der Waals surface area contributed by atoms with E-state index in [-0.39, 0.29) is 24.3 Å². The van der Waals surface area contributed by atoms with Gasteiger partial charge in [-0.1, -0.05) is 49.7 Å². The van der Waals surface area contributed by atoms with Crippen molar-refractivity contribution in [1.29, 1.82) is 0 Å². The fourth-order valence-electron chi connectivity index (χ4n) is 4.80. The SMILES string of the molecule is CCCc1ccc(-c2ccc(C3CCC(C(F)(F)Oc4cc(F)c(F)c(F)c4)CC3)cc2)c(F)c1F. The molecule has 1 aliphatic carbocycles. The van der Waals surface area contributed by atoms with Gasteiger partial charge < -0.3 is 4.74 Å². The van der Waals surface area contributed by atoms with Crippen LogP contribution in [0.15, 0.2) is 48.5 Å². The van der Waals surface area contributed by atoms with Gasteiger partial charge in [0.15, 0.2) is 29.1 Å².